The fourth-order valence-electron chi connectivity index (χ4n) is 2.30. The summed E-state index contributed by atoms with van der Waals surface area (Å²) in [5.41, 5.74) is 2.36. The van der Waals surface area contributed by atoms with Crippen LogP contribution in [0.15, 0.2) is 48.1 Å². The van der Waals surface area contributed by atoms with Gasteiger partial charge < -0.3 is 0 Å². The maximum atomic E-state index is 11.9. The molecule has 94 valence electrons. The molecule has 2 rings (SSSR count). The molecule has 0 amide bonds. The van der Waals surface area contributed by atoms with Gasteiger partial charge in [-0.1, -0.05) is 63.3 Å². The Hall–Kier alpha value is -1.63. The molecule has 1 unspecified atom stereocenters. The van der Waals surface area contributed by atoms with Gasteiger partial charge in [0.15, 0.2) is 5.78 Å². The minimum atomic E-state index is 0.0577. The predicted octanol–water partition coefficient (Wildman–Crippen LogP) is 4.26. The van der Waals surface area contributed by atoms with Crippen molar-refractivity contribution in [1.82, 2.24) is 0 Å². The third-order valence-electron chi connectivity index (χ3n) is 3.88. The average molecular weight is 240 g/mol. The molecule has 1 aromatic carbocycles. The summed E-state index contributed by atoms with van der Waals surface area (Å²) in [4.78, 5) is 11.9. The van der Waals surface area contributed by atoms with E-state index >= 15 is 0 Å². The van der Waals surface area contributed by atoms with E-state index in [4.69, 9.17) is 0 Å². The van der Waals surface area contributed by atoms with Gasteiger partial charge in [-0.3, -0.25) is 4.79 Å². The van der Waals surface area contributed by atoms with Crippen molar-refractivity contribution in [2.45, 2.75) is 27.2 Å². The van der Waals surface area contributed by atoms with Gasteiger partial charge in [0.2, 0.25) is 0 Å². The number of carbonyl (C=O) groups is 1. The van der Waals surface area contributed by atoms with Crippen LogP contribution in [0.3, 0.4) is 0 Å². The molecule has 0 aliphatic heterocycles. The molecule has 1 nitrogen and oxygen atoms in total. The second kappa shape index (κ2) is 4.93. The van der Waals surface area contributed by atoms with Crippen LogP contribution in [-0.4, -0.2) is 5.78 Å². The van der Waals surface area contributed by atoms with Crippen molar-refractivity contribution in [3.8, 4) is 0 Å². The van der Waals surface area contributed by atoms with E-state index in [1.54, 1.807) is 6.08 Å². The topological polar surface area (TPSA) is 17.1 Å². The Bertz CT molecular complexity index is 492. The molecule has 0 radical (unpaired) electrons. The lowest BCUT2D eigenvalue weighted by Crippen LogP contribution is -2.31. The number of hydrogen-bond acceptors (Lipinski definition) is 1. The monoisotopic (exact) mass is 240 g/mol. The van der Waals surface area contributed by atoms with Crippen molar-refractivity contribution in [2.75, 3.05) is 0 Å². The lowest BCUT2D eigenvalue weighted by atomic mass is 9.69. The third kappa shape index (κ3) is 2.79. The molecule has 0 spiro atoms. The van der Waals surface area contributed by atoms with Crippen molar-refractivity contribution >= 4 is 11.9 Å². The molecule has 0 aromatic heterocycles. The Labute approximate surface area is 109 Å². The van der Waals surface area contributed by atoms with E-state index in [0.29, 0.717) is 0 Å². The van der Waals surface area contributed by atoms with Crippen molar-refractivity contribution in [2.24, 2.45) is 11.3 Å². The molecule has 0 saturated carbocycles. The summed E-state index contributed by atoms with van der Waals surface area (Å²) in [6.07, 6.45) is 6.91. The third-order valence-corrected chi connectivity index (χ3v) is 3.88. The number of carbonyl (C=O) groups excluding carboxylic acids is 1. The van der Waals surface area contributed by atoms with Crippen LogP contribution in [0.2, 0.25) is 0 Å². The van der Waals surface area contributed by atoms with Gasteiger partial charge >= 0.3 is 0 Å². The van der Waals surface area contributed by atoms with Crippen LogP contribution >= 0.6 is 0 Å². The molecule has 1 atom stereocenters. The highest BCUT2D eigenvalue weighted by Crippen LogP contribution is 2.38. The fourth-order valence-corrected chi connectivity index (χ4v) is 2.30. The summed E-state index contributed by atoms with van der Waals surface area (Å²) in [6.45, 7) is 6.36. The van der Waals surface area contributed by atoms with Crippen LogP contribution in [0, 0.1) is 11.3 Å². The molecule has 1 aliphatic carbocycles. The van der Waals surface area contributed by atoms with Gasteiger partial charge in [0.05, 0.1) is 0 Å². The van der Waals surface area contributed by atoms with E-state index in [0.717, 1.165) is 12.0 Å². The smallest absolute Gasteiger partial charge is 0.159 e. The van der Waals surface area contributed by atoms with Crippen molar-refractivity contribution in [3.05, 3.63) is 53.6 Å². The molecule has 1 heteroatoms. The van der Waals surface area contributed by atoms with Gasteiger partial charge in [-0.2, -0.15) is 0 Å². The molecule has 0 bridgehead atoms. The van der Waals surface area contributed by atoms with Crippen LogP contribution < -0.4 is 0 Å². The van der Waals surface area contributed by atoms with Gasteiger partial charge in [0, 0.05) is 5.92 Å². The van der Waals surface area contributed by atoms with Gasteiger partial charge in [0.25, 0.3) is 0 Å². The van der Waals surface area contributed by atoms with E-state index in [1.807, 2.05) is 25.1 Å². The largest absolute Gasteiger partial charge is 0.295 e. The molecular weight excluding hydrogens is 220 g/mol. The molecule has 1 aliphatic rings. The minimum Gasteiger partial charge on any atom is -0.295 e. The zero-order valence-electron chi connectivity index (χ0n) is 11.3. The fraction of sp³-hybridized carbons (Fsp3) is 0.353. The SMILES string of the molecule is CC1C(=O)C=C(/C=C/c2ccccc2)CC1(C)C. The lowest BCUT2D eigenvalue weighted by molar-refractivity contribution is -0.121. The summed E-state index contributed by atoms with van der Waals surface area (Å²) >= 11 is 0. The Morgan fingerprint density at radius 1 is 1.17 bits per heavy atom. The average Bonchev–Trinajstić information content (AvgIpc) is 2.34. The van der Waals surface area contributed by atoms with Crippen molar-refractivity contribution in [1.29, 1.82) is 0 Å². The van der Waals surface area contributed by atoms with E-state index in [2.05, 4.69) is 38.1 Å². The van der Waals surface area contributed by atoms with Crippen LogP contribution in [0.25, 0.3) is 6.08 Å². The first-order chi connectivity index (χ1) is 8.49. The molecule has 0 N–H and O–H groups in total. The maximum Gasteiger partial charge on any atom is 0.159 e. The first-order valence-corrected chi connectivity index (χ1v) is 6.46. The van der Waals surface area contributed by atoms with E-state index < -0.39 is 0 Å². The predicted molar refractivity (Wildman–Crippen MR) is 76.1 cm³/mol. The normalized spacial score (nSPS) is 23.2. The number of ketones is 1. The van der Waals surface area contributed by atoms with Gasteiger partial charge in [-0.15, -0.1) is 0 Å². The summed E-state index contributed by atoms with van der Waals surface area (Å²) < 4.78 is 0. The second-order valence-electron chi connectivity index (χ2n) is 5.75. The van der Waals surface area contributed by atoms with Crippen LogP contribution in [0.1, 0.15) is 32.8 Å². The van der Waals surface area contributed by atoms with Crippen LogP contribution in [0.4, 0.5) is 0 Å². The van der Waals surface area contributed by atoms with E-state index in [1.165, 1.54) is 5.56 Å². The van der Waals surface area contributed by atoms with E-state index in [9.17, 15) is 4.79 Å². The standard InChI is InChI=1S/C17H20O/c1-13-16(18)11-15(12-17(13,2)3)10-9-14-7-5-4-6-8-14/h4-11,13H,12H2,1-3H3/b10-9+. The van der Waals surface area contributed by atoms with Crippen LogP contribution in [0.5, 0.6) is 0 Å². The highest BCUT2D eigenvalue weighted by atomic mass is 16.1. The molecular formula is C17H20O. The number of benzene rings is 1. The summed E-state index contributed by atoms with van der Waals surface area (Å²) in [7, 11) is 0. The molecule has 0 fully saturated rings. The zero-order valence-corrected chi connectivity index (χ0v) is 11.3. The van der Waals surface area contributed by atoms with Crippen LogP contribution in [-0.2, 0) is 4.79 Å². The highest BCUT2D eigenvalue weighted by Gasteiger charge is 2.34. The lowest BCUT2D eigenvalue weighted by Gasteiger charge is -2.34. The summed E-state index contributed by atoms with van der Waals surface area (Å²) in [5, 5.41) is 0. The van der Waals surface area contributed by atoms with Gasteiger partial charge in [0.1, 0.15) is 0 Å². The second-order valence-corrected chi connectivity index (χ2v) is 5.75. The maximum absolute atomic E-state index is 11.9. The zero-order chi connectivity index (χ0) is 13.2. The Morgan fingerprint density at radius 3 is 2.44 bits per heavy atom. The highest BCUT2D eigenvalue weighted by molar-refractivity contribution is 5.94. The van der Waals surface area contributed by atoms with Crippen molar-refractivity contribution < 1.29 is 4.79 Å². The van der Waals surface area contributed by atoms with Gasteiger partial charge in [-0.05, 0) is 29.0 Å². The number of allylic oxidation sites excluding steroid dienone is 3. The molecule has 0 heterocycles. The van der Waals surface area contributed by atoms with Crippen molar-refractivity contribution in [3.63, 3.8) is 0 Å². The van der Waals surface area contributed by atoms with E-state index in [-0.39, 0.29) is 17.1 Å². The Kier molecular flexibility index (Phi) is 3.51. The summed E-state index contributed by atoms with van der Waals surface area (Å²) in [5.74, 6) is 0.366. The Morgan fingerprint density at radius 2 is 1.83 bits per heavy atom. The molecule has 18 heavy (non-hydrogen) atoms. The molecule has 1 aromatic rings. The quantitative estimate of drug-likeness (QED) is 0.754. The first kappa shape index (κ1) is 12.8. The number of hydrogen-bond donors (Lipinski definition) is 0. The number of rotatable bonds is 2. The minimum absolute atomic E-state index is 0.0577. The first-order valence-electron chi connectivity index (χ1n) is 6.46. The van der Waals surface area contributed by atoms with Gasteiger partial charge in [-0.25, -0.2) is 0 Å². The summed E-state index contributed by atoms with van der Waals surface area (Å²) in [6, 6.07) is 10.2. The Balaban J connectivity index is 2.18. The molecule has 0 saturated heterocycles.